The van der Waals surface area contributed by atoms with Crippen LogP contribution in [-0.2, 0) is 0 Å². The maximum absolute atomic E-state index is 12.2. The van der Waals surface area contributed by atoms with E-state index in [9.17, 15) is 4.79 Å². The van der Waals surface area contributed by atoms with Gasteiger partial charge in [-0.15, -0.1) is 10.2 Å². The average Bonchev–Trinajstić information content (AvgIpc) is 3.05. The van der Waals surface area contributed by atoms with E-state index >= 15 is 0 Å². The van der Waals surface area contributed by atoms with Crippen molar-refractivity contribution >= 4 is 50.8 Å². The molecule has 2 heterocycles. The van der Waals surface area contributed by atoms with Crippen LogP contribution in [0.3, 0.4) is 0 Å². The molecule has 0 atom stereocenters. The second-order valence-corrected chi connectivity index (χ2v) is 6.59. The number of anilines is 2. The summed E-state index contributed by atoms with van der Waals surface area (Å²) in [5.74, 6) is 0.572. The molecule has 1 aromatic carbocycles. The zero-order chi connectivity index (χ0) is 14.8. The van der Waals surface area contributed by atoms with Gasteiger partial charge in [-0.05, 0) is 17.9 Å². The van der Waals surface area contributed by atoms with Crippen LogP contribution >= 0.6 is 23.1 Å². The highest BCUT2D eigenvalue weighted by molar-refractivity contribution is 8.01. The number of aromatic nitrogens is 2. The molecule has 0 bridgehead atoms. The van der Waals surface area contributed by atoms with Gasteiger partial charge in [-0.3, -0.25) is 10.1 Å². The van der Waals surface area contributed by atoms with Crippen LogP contribution < -0.4 is 11.1 Å². The Kier molecular flexibility index (Phi) is 3.80. The fraction of sp³-hybridized carbons (Fsp3) is 0.154. The van der Waals surface area contributed by atoms with E-state index in [1.165, 1.54) is 11.3 Å². The van der Waals surface area contributed by atoms with E-state index in [0.717, 1.165) is 15.5 Å². The lowest BCUT2D eigenvalue weighted by molar-refractivity contribution is 0.0999. The first-order valence-electron chi connectivity index (χ1n) is 6.23. The Morgan fingerprint density at radius 1 is 1.43 bits per heavy atom. The molecule has 6 nitrogen and oxygen atoms in total. The van der Waals surface area contributed by atoms with Crippen LogP contribution in [0, 0.1) is 0 Å². The predicted octanol–water partition coefficient (Wildman–Crippen LogP) is 3.23. The van der Waals surface area contributed by atoms with Crippen molar-refractivity contribution in [3.63, 3.8) is 0 Å². The molecule has 0 saturated heterocycles. The summed E-state index contributed by atoms with van der Waals surface area (Å²) >= 11 is 2.89. The van der Waals surface area contributed by atoms with Gasteiger partial charge in [0.25, 0.3) is 5.91 Å². The first-order chi connectivity index (χ1) is 10.2. The number of hydrogen-bond acceptors (Lipinski definition) is 7. The number of nitrogens with two attached hydrogens (primary N) is 1. The highest BCUT2D eigenvalue weighted by atomic mass is 32.2. The van der Waals surface area contributed by atoms with Gasteiger partial charge in [0.1, 0.15) is 5.58 Å². The number of nitrogens with zero attached hydrogens (tertiary/aromatic N) is 2. The van der Waals surface area contributed by atoms with Crippen molar-refractivity contribution in [3.05, 3.63) is 30.0 Å². The summed E-state index contributed by atoms with van der Waals surface area (Å²) in [5, 5.41) is 11.7. The fourth-order valence-electron chi connectivity index (χ4n) is 1.83. The van der Waals surface area contributed by atoms with Crippen molar-refractivity contribution in [2.45, 2.75) is 11.3 Å². The molecule has 0 fully saturated rings. The number of carbonyl (C=O) groups excluding carboxylic acids is 1. The average molecular weight is 320 g/mol. The molecule has 2 aromatic heterocycles. The number of furan rings is 1. The highest BCUT2D eigenvalue weighted by Gasteiger charge is 2.19. The van der Waals surface area contributed by atoms with E-state index in [1.807, 2.05) is 25.1 Å². The van der Waals surface area contributed by atoms with Gasteiger partial charge in [0.05, 0.1) is 5.69 Å². The third kappa shape index (κ3) is 2.72. The van der Waals surface area contributed by atoms with Crippen LogP contribution in [0.4, 0.5) is 10.8 Å². The molecule has 0 aliphatic carbocycles. The molecule has 1 amide bonds. The number of para-hydroxylation sites is 1. The molecular formula is C13H12N4O2S2. The standard InChI is InChI=1S/C13H12N4O2S2/c1-2-20-13-17-16-12(21-13)15-11(18)10-9(14)7-5-3-4-6-8(7)19-10/h3-6H,2,14H2,1H3,(H,15,16,18). The first-order valence-corrected chi connectivity index (χ1v) is 8.04. The van der Waals surface area contributed by atoms with Gasteiger partial charge in [0.15, 0.2) is 4.34 Å². The van der Waals surface area contributed by atoms with Crippen LogP contribution in [0.5, 0.6) is 0 Å². The quantitative estimate of drug-likeness (QED) is 0.566. The topological polar surface area (TPSA) is 94.0 Å². The van der Waals surface area contributed by atoms with Gasteiger partial charge in [0.2, 0.25) is 10.9 Å². The Morgan fingerprint density at radius 3 is 3.00 bits per heavy atom. The molecule has 108 valence electrons. The zero-order valence-electron chi connectivity index (χ0n) is 11.1. The first kappa shape index (κ1) is 13.9. The summed E-state index contributed by atoms with van der Waals surface area (Å²) in [6.07, 6.45) is 0. The Labute approximate surface area is 128 Å². The number of benzene rings is 1. The summed E-state index contributed by atoms with van der Waals surface area (Å²) in [6.45, 7) is 2.03. The van der Waals surface area contributed by atoms with Crippen LogP contribution in [0.25, 0.3) is 11.0 Å². The number of carbonyl (C=O) groups is 1. The van der Waals surface area contributed by atoms with Crippen molar-refractivity contribution in [1.29, 1.82) is 0 Å². The second-order valence-electron chi connectivity index (χ2n) is 4.10. The summed E-state index contributed by atoms with van der Waals surface area (Å²) in [7, 11) is 0. The largest absolute Gasteiger partial charge is 0.449 e. The number of rotatable bonds is 4. The summed E-state index contributed by atoms with van der Waals surface area (Å²) < 4.78 is 6.31. The van der Waals surface area contributed by atoms with Crippen molar-refractivity contribution in [2.24, 2.45) is 0 Å². The highest BCUT2D eigenvalue weighted by Crippen LogP contribution is 2.30. The maximum Gasteiger partial charge on any atom is 0.295 e. The third-order valence-corrected chi connectivity index (χ3v) is 4.59. The molecule has 3 N–H and O–H groups in total. The lowest BCUT2D eigenvalue weighted by Gasteiger charge is -1.98. The Hall–Kier alpha value is -2.06. The van der Waals surface area contributed by atoms with Crippen LogP contribution in [0.1, 0.15) is 17.5 Å². The lowest BCUT2D eigenvalue weighted by atomic mass is 10.2. The van der Waals surface area contributed by atoms with Crippen LogP contribution in [-0.4, -0.2) is 21.9 Å². The molecule has 0 unspecified atom stereocenters. The van der Waals surface area contributed by atoms with Crippen molar-refractivity contribution < 1.29 is 9.21 Å². The minimum absolute atomic E-state index is 0.0936. The van der Waals surface area contributed by atoms with Gasteiger partial charge in [-0.1, -0.05) is 42.2 Å². The van der Waals surface area contributed by atoms with Crippen LogP contribution in [0.2, 0.25) is 0 Å². The smallest absolute Gasteiger partial charge is 0.295 e. The van der Waals surface area contributed by atoms with E-state index in [-0.39, 0.29) is 5.76 Å². The third-order valence-electron chi connectivity index (χ3n) is 2.73. The van der Waals surface area contributed by atoms with E-state index in [4.69, 9.17) is 10.2 Å². The molecule has 0 aliphatic rings. The number of thioether (sulfide) groups is 1. The number of hydrogen-bond donors (Lipinski definition) is 2. The molecular weight excluding hydrogens is 308 g/mol. The second kappa shape index (κ2) is 5.74. The number of nitrogens with one attached hydrogen (secondary N) is 1. The summed E-state index contributed by atoms with van der Waals surface area (Å²) in [5.41, 5.74) is 6.87. The molecule has 21 heavy (non-hydrogen) atoms. The van der Waals surface area contributed by atoms with Crippen molar-refractivity contribution in [3.8, 4) is 0 Å². The van der Waals surface area contributed by atoms with Crippen molar-refractivity contribution in [1.82, 2.24) is 10.2 Å². The van der Waals surface area contributed by atoms with Crippen LogP contribution in [0.15, 0.2) is 33.0 Å². The van der Waals surface area contributed by atoms with E-state index in [0.29, 0.717) is 16.4 Å². The molecule has 0 saturated carbocycles. The molecule has 8 heteroatoms. The van der Waals surface area contributed by atoms with Gasteiger partial charge in [0, 0.05) is 5.39 Å². The zero-order valence-corrected chi connectivity index (χ0v) is 12.8. The number of nitrogen functional groups attached to an aromatic ring is 1. The normalized spacial score (nSPS) is 10.9. The van der Waals surface area contributed by atoms with Crippen molar-refractivity contribution in [2.75, 3.05) is 16.8 Å². The van der Waals surface area contributed by atoms with Gasteiger partial charge in [-0.25, -0.2) is 0 Å². The molecule has 0 spiro atoms. The monoisotopic (exact) mass is 320 g/mol. The summed E-state index contributed by atoms with van der Waals surface area (Å²) in [6, 6.07) is 7.25. The minimum atomic E-state index is -0.423. The number of fused-ring (bicyclic) bond motifs is 1. The molecule has 0 aliphatic heterocycles. The molecule has 0 radical (unpaired) electrons. The molecule has 3 rings (SSSR count). The van der Waals surface area contributed by atoms with E-state index in [2.05, 4.69) is 15.5 Å². The lowest BCUT2D eigenvalue weighted by Crippen LogP contribution is -2.12. The molecule has 3 aromatic rings. The Bertz CT molecular complexity index is 796. The Balaban J connectivity index is 1.84. The van der Waals surface area contributed by atoms with E-state index < -0.39 is 5.91 Å². The fourth-order valence-corrected chi connectivity index (χ4v) is 3.47. The SMILES string of the molecule is CCSc1nnc(NC(=O)c2oc3ccccc3c2N)s1. The number of amides is 1. The van der Waals surface area contributed by atoms with Gasteiger partial charge < -0.3 is 10.2 Å². The van der Waals surface area contributed by atoms with Gasteiger partial charge >= 0.3 is 0 Å². The summed E-state index contributed by atoms with van der Waals surface area (Å²) in [4.78, 5) is 12.2. The van der Waals surface area contributed by atoms with E-state index in [1.54, 1.807) is 17.8 Å². The minimum Gasteiger partial charge on any atom is -0.449 e. The van der Waals surface area contributed by atoms with Gasteiger partial charge in [-0.2, -0.15) is 0 Å². The Morgan fingerprint density at radius 2 is 2.24 bits per heavy atom. The predicted molar refractivity (Wildman–Crippen MR) is 84.9 cm³/mol. The maximum atomic E-state index is 12.2.